The molecule has 5 heteroatoms. The fourth-order valence-corrected chi connectivity index (χ4v) is 1.41. The van der Waals surface area contributed by atoms with Crippen LogP contribution in [0.2, 0.25) is 0 Å². The zero-order valence-corrected chi connectivity index (χ0v) is 8.35. The van der Waals surface area contributed by atoms with E-state index in [1.807, 2.05) is 0 Å². The average molecular weight is 207 g/mol. The molecule has 0 fully saturated rings. The molecule has 0 aromatic heterocycles. The number of Topliss-reactive ketones (excluding diaryl/α,β-unsaturated/α-hetero) is 1. The highest BCUT2D eigenvalue weighted by atomic mass is 32.2. The molecule has 0 aromatic rings. The number of hydrogen-bond acceptors (Lipinski definition) is 4. The van der Waals surface area contributed by atoms with E-state index in [4.69, 9.17) is 5.11 Å². The van der Waals surface area contributed by atoms with E-state index < -0.39 is 11.1 Å². The lowest BCUT2D eigenvalue weighted by Gasteiger charge is -2.03. The molecule has 0 aliphatic rings. The van der Waals surface area contributed by atoms with Gasteiger partial charge in [-0.25, -0.2) is 0 Å². The molecule has 0 radical (unpaired) electrons. The minimum Gasteiger partial charge on any atom is -0.772 e. The van der Waals surface area contributed by atoms with E-state index in [0.29, 0.717) is 12.8 Å². The van der Waals surface area contributed by atoms with Crippen LogP contribution < -0.4 is 0 Å². The lowest BCUT2D eigenvalue weighted by atomic mass is 10.1. The molecule has 0 saturated heterocycles. The molecule has 1 atom stereocenters. The molecule has 0 spiro atoms. The summed E-state index contributed by atoms with van der Waals surface area (Å²) < 4.78 is 20.2. The monoisotopic (exact) mass is 207 g/mol. The zero-order valence-electron chi connectivity index (χ0n) is 7.53. The van der Waals surface area contributed by atoms with E-state index in [9.17, 15) is 13.6 Å². The van der Waals surface area contributed by atoms with Gasteiger partial charge in [-0.05, 0) is 12.8 Å². The number of carbonyl (C=O) groups is 1. The lowest BCUT2D eigenvalue weighted by molar-refractivity contribution is -0.121. The SMILES string of the molecule is O=C(CO)CCCCCCS(=O)[O-]. The number of ketones is 1. The largest absolute Gasteiger partial charge is 0.772 e. The Morgan fingerprint density at radius 1 is 1.23 bits per heavy atom. The van der Waals surface area contributed by atoms with Crippen molar-refractivity contribution in [3.05, 3.63) is 0 Å². The van der Waals surface area contributed by atoms with Gasteiger partial charge in [0, 0.05) is 12.2 Å². The van der Waals surface area contributed by atoms with Crippen LogP contribution in [0.4, 0.5) is 0 Å². The molecular weight excluding hydrogens is 192 g/mol. The smallest absolute Gasteiger partial charge is 0.158 e. The van der Waals surface area contributed by atoms with Gasteiger partial charge >= 0.3 is 0 Å². The quantitative estimate of drug-likeness (QED) is 0.461. The van der Waals surface area contributed by atoms with Crippen LogP contribution >= 0.6 is 0 Å². The fraction of sp³-hybridized carbons (Fsp3) is 0.875. The molecule has 0 bridgehead atoms. The van der Waals surface area contributed by atoms with Gasteiger partial charge in [0.2, 0.25) is 0 Å². The van der Waals surface area contributed by atoms with E-state index in [2.05, 4.69) is 0 Å². The molecule has 0 aliphatic carbocycles. The Bertz CT molecular complexity index is 170. The van der Waals surface area contributed by atoms with E-state index in [0.717, 1.165) is 19.3 Å². The predicted molar refractivity (Wildman–Crippen MR) is 49.0 cm³/mol. The molecule has 0 aromatic carbocycles. The zero-order chi connectivity index (χ0) is 10.1. The molecule has 0 heterocycles. The van der Waals surface area contributed by atoms with Crippen molar-refractivity contribution >= 4 is 16.9 Å². The Kier molecular flexibility index (Phi) is 8.18. The number of carbonyl (C=O) groups excluding carboxylic acids is 1. The van der Waals surface area contributed by atoms with Gasteiger partial charge in [-0.3, -0.25) is 9.00 Å². The second-order valence-electron chi connectivity index (χ2n) is 2.87. The molecule has 4 nitrogen and oxygen atoms in total. The van der Waals surface area contributed by atoms with Gasteiger partial charge in [0.05, 0.1) is 0 Å². The van der Waals surface area contributed by atoms with Gasteiger partial charge in [-0.2, -0.15) is 0 Å². The van der Waals surface area contributed by atoms with Gasteiger partial charge in [-0.15, -0.1) is 0 Å². The van der Waals surface area contributed by atoms with Crippen molar-refractivity contribution in [2.24, 2.45) is 0 Å². The molecule has 78 valence electrons. The van der Waals surface area contributed by atoms with Gasteiger partial charge in [0.15, 0.2) is 5.78 Å². The van der Waals surface area contributed by atoms with Crippen molar-refractivity contribution in [1.82, 2.24) is 0 Å². The summed E-state index contributed by atoms with van der Waals surface area (Å²) in [6, 6.07) is 0. The van der Waals surface area contributed by atoms with Crippen molar-refractivity contribution in [2.75, 3.05) is 12.4 Å². The van der Waals surface area contributed by atoms with Crippen LogP contribution in [0.1, 0.15) is 32.1 Å². The van der Waals surface area contributed by atoms with Crippen molar-refractivity contribution in [2.45, 2.75) is 32.1 Å². The molecule has 1 N–H and O–H groups in total. The third-order valence-corrected chi connectivity index (χ3v) is 2.31. The third-order valence-electron chi connectivity index (χ3n) is 1.69. The number of rotatable bonds is 8. The maximum atomic E-state index is 10.6. The summed E-state index contributed by atoms with van der Waals surface area (Å²) in [6.07, 6.45) is 3.47. The summed E-state index contributed by atoms with van der Waals surface area (Å²) in [4.78, 5) is 10.6. The summed E-state index contributed by atoms with van der Waals surface area (Å²) >= 11 is -1.94. The van der Waals surface area contributed by atoms with Crippen molar-refractivity contribution in [1.29, 1.82) is 0 Å². The standard InChI is InChI=1S/C8H16O4S/c9-7-8(10)5-3-1-2-4-6-13(11)12/h9H,1-7H2,(H,11,12)/p-1. The van der Waals surface area contributed by atoms with E-state index >= 15 is 0 Å². The second kappa shape index (κ2) is 8.34. The van der Waals surface area contributed by atoms with Crippen molar-refractivity contribution in [3.63, 3.8) is 0 Å². The highest BCUT2D eigenvalue weighted by molar-refractivity contribution is 7.79. The normalized spacial score (nSPS) is 12.8. The van der Waals surface area contributed by atoms with Crippen molar-refractivity contribution < 1.29 is 18.7 Å². The molecule has 0 aliphatic heterocycles. The number of aliphatic hydroxyl groups is 1. The van der Waals surface area contributed by atoms with E-state index in [-0.39, 0.29) is 18.1 Å². The summed E-state index contributed by atoms with van der Waals surface area (Å²) in [6.45, 7) is -0.384. The minimum atomic E-state index is -1.94. The molecule has 13 heavy (non-hydrogen) atoms. The highest BCUT2D eigenvalue weighted by Gasteiger charge is 1.98. The summed E-state index contributed by atoms with van der Waals surface area (Å²) in [5.74, 6) is 0.0564. The summed E-state index contributed by atoms with van der Waals surface area (Å²) in [7, 11) is 0. The highest BCUT2D eigenvalue weighted by Crippen LogP contribution is 2.03. The molecule has 1 unspecified atom stereocenters. The van der Waals surface area contributed by atoms with E-state index in [1.54, 1.807) is 0 Å². The van der Waals surface area contributed by atoms with Crippen LogP contribution in [0.5, 0.6) is 0 Å². The van der Waals surface area contributed by atoms with Crippen LogP contribution in [0.3, 0.4) is 0 Å². The van der Waals surface area contributed by atoms with Crippen molar-refractivity contribution in [3.8, 4) is 0 Å². The molecule has 0 rings (SSSR count). The van der Waals surface area contributed by atoms with Crippen LogP contribution in [0, 0.1) is 0 Å². The molecular formula is C8H15O4S-. The Morgan fingerprint density at radius 3 is 2.38 bits per heavy atom. The minimum absolute atomic E-state index is 0.146. The lowest BCUT2D eigenvalue weighted by Crippen LogP contribution is -2.02. The van der Waals surface area contributed by atoms with Crippen LogP contribution in [0.15, 0.2) is 0 Å². The Balaban J connectivity index is 3.08. The Morgan fingerprint density at radius 2 is 1.85 bits per heavy atom. The van der Waals surface area contributed by atoms with Gasteiger partial charge in [-0.1, -0.05) is 23.9 Å². The average Bonchev–Trinajstić information content (AvgIpc) is 2.10. The predicted octanol–water partition coefficient (Wildman–Crippen LogP) is 0.377. The molecule has 0 amide bonds. The van der Waals surface area contributed by atoms with Gasteiger partial charge < -0.3 is 9.66 Å². The first-order valence-electron chi connectivity index (χ1n) is 4.35. The van der Waals surface area contributed by atoms with Crippen LogP contribution in [-0.4, -0.2) is 32.0 Å². The van der Waals surface area contributed by atoms with Gasteiger partial charge in [0.1, 0.15) is 6.61 Å². The summed E-state index contributed by atoms with van der Waals surface area (Å²) in [5, 5.41) is 8.38. The van der Waals surface area contributed by atoms with Gasteiger partial charge in [0.25, 0.3) is 0 Å². The number of unbranched alkanes of at least 4 members (excludes halogenated alkanes) is 3. The molecule has 0 saturated carbocycles. The topological polar surface area (TPSA) is 77.4 Å². The Hall–Kier alpha value is -0.260. The second-order valence-corrected chi connectivity index (χ2v) is 3.88. The Labute approximate surface area is 80.6 Å². The first-order valence-corrected chi connectivity index (χ1v) is 5.59. The van der Waals surface area contributed by atoms with Crippen LogP contribution in [-0.2, 0) is 15.9 Å². The number of aliphatic hydroxyl groups excluding tert-OH is 1. The maximum absolute atomic E-state index is 10.6. The van der Waals surface area contributed by atoms with Crippen LogP contribution in [0.25, 0.3) is 0 Å². The summed E-state index contributed by atoms with van der Waals surface area (Å²) in [5.41, 5.74) is 0. The van der Waals surface area contributed by atoms with E-state index in [1.165, 1.54) is 0 Å². The first-order chi connectivity index (χ1) is 6.16. The number of hydrogen-bond donors (Lipinski definition) is 1. The first kappa shape index (κ1) is 12.7. The third kappa shape index (κ3) is 9.66. The maximum Gasteiger partial charge on any atom is 0.158 e. The fourth-order valence-electron chi connectivity index (χ4n) is 0.975.